The normalized spacial score (nSPS) is 10.5. The molecule has 0 bridgehead atoms. The van der Waals surface area contributed by atoms with Crippen molar-refractivity contribution in [2.45, 2.75) is 40.7 Å². The minimum absolute atomic E-state index is 0.141. The van der Waals surface area contributed by atoms with Crippen LogP contribution in [0, 0.1) is 27.7 Å². The first-order valence-electron chi connectivity index (χ1n) is 8.03. The summed E-state index contributed by atoms with van der Waals surface area (Å²) >= 11 is 0. The highest BCUT2D eigenvalue weighted by atomic mass is 16.5. The van der Waals surface area contributed by atoms with Crippen LogP contribution in [0.2, 0.25) is 0 Å². The molecule has 5 heteroatoms. The summed E-state index contributed by atoms with van der Waals surface area (Å²) < 4.78 is 5.60. The van der Waals surface area contributed by atoms with Gasteiger partial charge >= 0.3 is 0 Å². The molecule has 0 unspecified atom stereocenters. The third-order valence-electron chi connectivity index (χ3n) is 4.03. The molecule has 2 rings (SSSR count). The van der Waals surface area contributed by atoms with E-state index in [4.69, 9.17) is 4.74 Å². The fourth-order valence-corrected chi connectivity index (χ4v) is 2.44. The van der Waals surface area contributed by atoms with Crippen LogP contribution in [0.3, 0.4) is 0 Å². The zero-order chi connectivity index (χ0) is 17.7. The highest BCUT2D eigenvalue weighted by Crippen LogP contribution is 2.16. The SMILES string of the molecule is Cc1cc(C)c(CNC(=O)CCOc2ccc(C)c(C)c2)c(=O)[nH]1. The van der Waals surface area contributed by atoms with Crippen LogP contribution in [0.5, 0.6) is 5.75 Å². The van der Waals surface area contributed by atoms with Crippen molar-refractivity contribution in [2.24, 2.45) is 0 Å². The molecule has 1 aromatic carbocycles. The number of rotatable bonds is 6. The molecule has 0 aliphatic heterocycles. The molecule has 0 atom stereocenters. The molecule has 1 amide bonds. The summed E-state index contributed by atoms with van der Waals surface area (Å²) in [7, 11) is 0. The van der Waals surface area contributed by atoms with Gasteiger partial charge in [-0.05, 0) is 62.6 Å². The zero-order valence-electron chi connectivity index (χ0n) is 14.7. The van der Waals surface area contributed by atoms with Crippen LogP contribution < -0.4 is 15.6 Å². The van der Waals surface area contributed by atoms with Gasteiger partial charge in [-0.15, -0.1) is 0 Å². The first-order valence-corrected chi connectivity index (χ1v) is 8.03. The van der Waals surface area contributed by atoms with Gasteiger partial charge in [-0.3, -0.25) is 9.59 Å². The van der Waals surface area contributed by atoms with Gasteiger partial charge in [0.2, 0.25) is 5.91 Å². The highest BCUT2D eigenvalue weighted by molar-refractivity contribution is 5.76. The predicted molar refractivity (Wildman–Crippen MR) is 94.4 cm³/mol. The Morgan fingerprint density at radius 1 is 1.08 bits per heavy atom. The molecule has 128 valence electrons. The summed E-state index contributed by atoms with van der Waals surface area (Å²) in [6.45, 7) is 8.30. The van der Waals surface area contributed by atoms with Gasteiger partial charge < -0.3 is 15.0 Å². The molecule has 0 saturated heterocycles. The number of amides is 1. The standard InChI is InChI=1S/C19H24N2O3/c1-12-5-6-16(10-13(12)2)24-8-7-18(22)20-11-17-14(3)9-15(4)21-19(17)23/h5-6,9-10H,7-8,11H2,1-4H3,(H,20,22)(H,21,23). The average Bonchev–Trinajstić information content (AvgIpc) is 2.49. The first kappa shape index (κ1) is 17.8. The molecule has 24 heavy (non-hydrogen) atoms. The lowest BCUT2D eigenvalue weighted by atomic mass is 10.1. The number of benzene rings is 1. The maximum absolute atomic E-state index is 11.9. The summed E-state index contributed by atoms with van der Waals surface area (Å²) in [5.74, 6) is 0.620. The van der Waals surface area contributed by atoms with Crippen LogP contribution in [0.15, 0.2) is 29.1 Å². The van der Waals surface area contributed by atoms with Crippen molar-refractivity contribution in [1.82, 2.24) is 10.3 Å². The molecule has 0 aliphatic rings. The van der Waals surface area contributed by atoms with E-state index in [-0.39, 0.29) is 24.4 Å². The Bertz CT molecular complexity index is 794. The highest BCUT2D eigenvalue weighted by Gasteiger charge is 2.08. The van der Waals surface area contributed by atoms with Crippen molar-refractivity contribution in [3.05, 3.63) is 62.6 Å². The van der Waals surface area contributed by atoms with E-state index in [0.717, 1.165) is 22.6 Å². The molecule has 0 spiro atoms. The number of ether oxygens (including phenoxy) is 1. The van der Waals surface area contributed by atoms with Crippen LogP contribution >= 0.6 is 0 Å². The molecule has 0 saturated carbocycles. The van der Waals surface area contributed by atoms with Crippen molar-refractivity contribution in [3.8, 4) is 5.75 Å². The van der Waals surface area contributed by atoms with Crippen LogP contribution in [0.1, 0.15) is 34.4 Å². The van der Waals surface area contributed by atoms with E-state index in [0.29, 0.717) is 12.2 Å². The second-order valence-electron chi connectivity index (χ2n) is 6.06. The number of aromatic amines is 1. The van der Waals surface area contributed by atoms with E-state index in [9.17, 15) is 9.59 Å². The molecular weight excluding hydrogens is 304 g/mol. The molecule has 5 nitrogen and oxygen atoms in total. The molecule has 2 aromatic rings. The Hall–Kier alpha value is -2.56. The van der Waals surface area contributed by atoms with E-state index in [1.54, 1.807) is 0 Å². The van der Waals surface area contributed by atoms with Gasteiger partial charge in [0.15, 0.2) is 0 Å². The van der Waals surface area contributed by atoms with E-state index in [1.807, 2.05) is 52.0 Å². The van der Waals surface area contributed by atoms with Gasteiger partial charge in [0.1, 0.15) is 5.75 Å². The maximum atomic E-state index is 11.9. The predicted octanol–water partition coefficient (Wildman–Crippen LogP) is 2.69. The minimum atomic E-state index is -0.154. The average molecular weight is 328 g/mol. The Balaban J connectivity index is 1.82. The number of carbonyl (C=O) groups is 1. The summed E-state index contributed by atoms with van der Waals surface area (Å²) in [6, 6.07) is 7.75. The second-order valence-corrected chi connectivity index (χ2v) is 6.06. The Labute approximate surface area is 142 Å². The zero-order valence-corrected chi connectivity index (χ0v) is 14.7. The number of nitrogens with one attached hydrogen (secondary N) is 2. The monoisotopic (exact) mass is 328 g/mol. The van der Waals surface area contributed by atoms with Gasteiger partial charge in [0.05, 0.1) is 13.0 Å². The molecule has 1 heterocycles. The fraction of sp³-hybridized carbons (Fsp3) is 0.368. The minimum Gasteiger partial charge on any atom is -0.493 e. The summed E-state index contributed by atoms with van der Waals surface area (Å²) in [5, 5.41) is 2.77. The molecular formula is C19H24N2O3. The lowest BCUT2D eigenvalue weighted by molar-refractivity contribution is -0.121. The van der Waals surface area contributed by atoms with Crippen molar-refractivity contribution in [3.63, 3.8) is 0 Å². The Morgan fingerprint density at radius 2 is 1.83 bits per heavy atom. The van der Waals surface area contributed by atoms with E-state index >= 15 is 0 Å². The Kier molecular flexibility index (Phi) is 5.79. The number of aryl methyl sites for hydroxylation is 4. The van der Waals surface area contributed by atoms with Crippen LogP contribution in [0.25, 0.3) is 0 Å². The van der Waals surface area contributed by atoms with E-state index in [1.165, 1.54) is 5.56 Å². The topological polar surface area (TPSA) is 71.2 Å². The van der Waals surface area contributed by atoms with Crippen molar-refractivity contribution >= 4 is 5.91 Å². The van der Waals surface area contributed by atoms with Gasteiger partial charge in [0, 0.05) is 17.8 Å². The van der Waals surface area contributed by atoms with Crippen LogP contribution in [0.4, 0.5) is 0 Å². The van der Waals surface area contributed by atoms with Crippen LogP contribution in [-0.4, -0.2) is 17.5 Å². The molecule has 2 N–H and O–H groups in total. The molecule has 0 aliphatic carbocycles. The van der Waals surface area contributed by atoms with Gasteiger partial charge in [-0.1, -0.05) is 6.07 Å². The second kappa shape index (κ2) is 7.81. The smallest absolute Gasteiger partial charge is 0.253 e. The van der Waals surface area contributed by atoms with E-state index in [2.05, 4.69) is 10.3 Å². The summed E-state index contributed by atoms with van der Waals surface area (Å²) in [4.78, 5) is 26.6. The van der Waals surface area contributed by atoms with Crippen molar-refractivity contribution in [1.29, 1.82) is 0 Å². The summed E-state index contributed by atoms with van der Waals surface area (Å²) in [5.41, 5.74) is 4.49. The number of carbonyl (C=O) groups excluding carboxylic acids is 1. The van der Waals surface area contributed by atoms with Gasteiger partial charge in [0.25, 0.3) is 5.56 Å². The van der Waals surface area contributed by atoms with Gasteiger partial charge in [-0.2, -0.15) is 0 Å². The molecule has 0 radical (unpaired) electrons. The third kappa shape index (κ3) is 4.72. The van der Waals surface area contributed by atoms with Crippen LogP contribution in [-0.2, 0) is 11.3 Å². The largest absolute Gasteiger partial charge is 0.493 e. The van der Waals surface area contributed by atoms with Gasteiger partial charge in [-0.25, -0.2) is 0 Å². The van der Waals surface area contributed by atoms with E-state index < -0.39 is 0 Å². The molecule has 0 fully saturated rings. The lowest BCUT2D eigenvalue weighted by Crippen LogP contribution is -2.28. The number of aromatic nitrogens is 1. The number of hydrogen-bond donors (Lipinski definition) is 2. The Morgan fingerprint density at radius 3 is 2.50 bits per heavy atom. The maximum Gasteiger partial charge on any atom is 0.253 e. The van der Waals surface area contributed by atoms with Crippen molar-refractivity contribution < 1.29 is 9.53 Å². The third-order valence-corrected chi connectivity index (χ3v) is 4.03. The number of hydrogen-bond acceptors (Lipinski definition) is 3. The molecule has 1 aromatic heterocycles. The number of pyridine rings is 1. The fourth-order valence-electron chi connectivity index (χ4n) is 2.44. The van der Waals surface area contributed by atoms with Crippen molar-refractivity contribution in [2.75, 3.05) is 6.61 Å². The number of H-pyrrole nitrogens is 1. The first-order chi connectivity index (χ1) is 11.4. The summed E-state index contributed by atoms with van der Waals surface area (Å²) in [6.07, 6.45) is 0.246. The lowest BCUT2D eigenvalue weighted by Gasteiger charge is -2.10. The quantitative estimate of drug-likeness (QED) is 0.856.